The summed E-state index contributed by atoms with van der Waals surface area (Å²) in [5.41, 5.74) is 0.328. The first kappa shape index (κ1) is 15.3. The van der Waals surface area contributed by atoms with Crippen molar-refractivity contribution in [3.05, 3.63) is 23.5 Å². The smallest absolute Gasteiger partial charge is 0.303 e. The van der Waals surface area contributed by atoms with Gasteiger partial charge in [0.1, 0.15) is 5.82 Å². The van der Waals surface area contributed by atoms with Gasteiger partial charge in [0, 0.05) is 6.07 Å². The second-order valence-corrected chi connectivity index (χ2v) is 4.19. The largest absolute Gasteiger partial charge is 0.490 e. The number of carboxylic acids is 1. The monoisotopic (exact) mass is 270 g/mol. The molecule has 0 aromatic heterocycles. The first-order valence-electron chi connectivity index (χ1n) is 6.30. The molecule has 0 saturated heterocycles. The second-order valence-electron chi connectivity index (χ2n) is 4.19. The van der Waals surface area contributed by atoms with Crippen LogP contribution in [0.15, 0.2) is 12.1 Å². The number of aliphatic carboxylic acids is 1. The highest BCUT2D eigenvalue weighted by Gasteiger charge is 2.18. The number of carboxylic acid groups (broad SMARTS) is 1. The Morgan fingerprint density at radius 1 is 1.26 bits per heavy atom. The van der Waals surface area contributed by atoms with Gasteiger partial charge in [-0.2, -0.15) is 0 Å². The Labute approximate surface area is 112 Å². The minimum Gasteiger partial charge on any atom is -0.490 e. The standard InChI is InChI=1S/C14H19FO4/c1-4-18-12-7-10(9(3)6-14(16)17)11(15)8-13(12)19-5-2/h7-9H,4-6H2,1-3H3,(H,16,17). The third-order valence-corrected chi connectivity index (χ3v) is 2.67. The summed E-state index contributed by atoms with van der Waals surface area (Å²) in [5.74, 6) is -1.07. The minimum absolute atomic E-state index is 0.129. The Kier molecular flexibility index (Phi) is 5.60. The van der Waals surface area contributed by atoms with Gasteiger partial charge in [0.05, 0.1) is 19.6 Å². The number of halogens is 1. The molecule has 0 radical (unpaired) electrons. The van der Waals surface area contributed by atoms with Crippen molar-refractivity contribution in [1.29, 1.82) is 0 Å². The highest BCUT2D eigenvalue weighted by atomic mass is 19.1. The van der Waals surface area contributed by atoms with Crippen molar-refractivity contribution in [2.75, 3.05) is 13.2 Å². The molecule has 1 rings (SSSR count). The summed E-state index contributed by atoms with van der Waals surface area (Å²) in [5, 5.41) is 8.77. The first-order chi connectivity index (χ1) is 8.99. The van der Waals surface area contributed by atoms with Crippen LogP contribution in [0.2, 0.25) is 0 Å². The molecule has 1 N–H and O–H groups in total. The summed E-state index contributed by atoms with van der Waals surface area (Å²) in [6, 6.07) is 2.78. The lowest BCUT2D eigenvalue weighted by Crippen LogP contribution is -2.07. The van der Waals surface area contributed by atoms with E-state index in [2.05, 4.69) is 0 Å². The molecule has 5 heteroatoms. The van der Waals surface area contributed by atoms with Crippen molar-refractivity contribution in [2.24, 2.45) is 0 Å². The van der Waals surface area contributed by atoms with Crippen molar-refractivity contribution < 1.29 is 23.8 Å². The van der Waals surface area contributed by atoms with Crippen molar-refractivity contribution in [3.63, 3.8) is 0 Å². The van der Waals surface area contributed by atoms with Crippen LogP contribution >= 0.6 is 0 Å². The number of rotatable bonds is 7. The molecule has 1 atom stereocenters. The number of carbonyl (C=O) groups is 1. The van der Waals surface area contributed by atoms with Crippen molar-refractivity contribution in [1.82, 2.24) is 0 Å². The summed E-state index contributed by atoms with van der Waals surface area (Å²) >= 11 is 0. The zero-order valence-corrected chi connectivity index (χ0v) is 11.4. The Morgan fingerprint density at radius 2 is 1.79 bits per heavy atom. The molecule has 19 heavy (non-hydrogen) atoms. The maximum atomic E-state index is 14.0. The molecule has 0 heterocycles. The maximum Gasteiger partial charge on any atom is 0.303 e. The molecule has 0 saturated carbocycles. The van der Waals surface area contributed by atoms with Crippen LogP contribution in [0.4, 0.5) is 4.39 Å². The van der Waals surface area contributed by atoms with Crippen LogP contribution in [0, 0.1) is 5.82 Å². The lowest BCUT2D eigenvalue weighted by atomic mass is 9.97. The molecule has 0 aliphatic carbocycles. The van der Waals surface area contributed by atoms with Crippen LogP contribution in [0.3, 0.4) is 0 Å². The topological polar surface area (TPSA) is 55.8 Å². The highest BCUT2D eigenvalue weighted by molar-refractivity contribution is 5.68. The highest BCUT2D eigenvalue weighted by Crippen LogP contribution is 2.34. The SMILES string of the molecule is CCOc1cc(F)c(C(C)CC(=O)O)cc1OCC. The van der Waals surface area contributed by atoms with E-state index in [9.17, 15) is 9.18 Å². The summed E-state index contributed by atoms with van der Waals surface area (Å²) in [4.78, 5) is 10.7. The fourth-order valence-electron chi connectivity index (χ4n) is 1.84. The van der Waals surface area contributed by atoms with Gasteiger partial charge in [-0.25, -0.2) is 4.39 Å². The van der Waals surface area contributed by atoms with Gasteiger partial charge in [-0.15, -0.1) is 0 Å². The van der Waals surface area contributed by atoms with Crippen LogP contribution in [-0.2, 0) is 4.79 Å². The molecule has 0 aliphatic rings. The summed E-state index contributed by atoms with van der Waals surface area (Å²) in [6.45, 7) is 6.12. The van der Waals surface area contributed by atoms with Gasteiger partial charge in [-0.05, 0) is 31.4 Å². The Morgan fingerprint density at radius 3 is 2.26 bits per heavy atom. The van der Waals surface area contributed by atoms with Crippen LogP contribution in [0.25, 0.3) is 0 Å². The summed E-state index contributed by atoms with van der Waals surface area (Å²) in [7, 11) is 0. The molecule has 0 aliphatic heterocycles. The van der Waals surface area contributed by atoms with Gasteiger partial charge in [0.2, 0.25) is 0 Å². The average Bonchev–Trinajstić information content (AvgIpc) is 2.31. The molecular formula is C14H19FO4. The van der Waals surface area contributed by atoms with E-state index in [4.69, 9.17) is 14.6 Å². The predicted octanol–water partition coefficient (Wildman–Crippen LogP) is 3.20. The Hall–Kier alpha value is -1.78. The van der Waals surface area contributed by atoms with Gasteiger partial charge in [-0.3, -0.25) is 4.79 Å². The quantitative estimate of drug-likeness (QED) is 0.826. The van der Waals surface area contributed by atoms with E-state index in [1.807, 2.05) is 6.92 Å². The van der Waals surface area contributed by atoms with Gasteiger partial charge in [0.15, 0.2) is 11.5 Å². The minimum atomic E-state index is -0.959. The number of benzene rings is 1. The van der Waals surface area contributed by atoms with Crippen LogP contribution < -0.4 is 9.47 Å². The van der Waals surface area contributed by atoms with Crippen LogP contribution in [0.1, 0.15) is 38.7 Å². The molecule has 0 fully saturated rings. The van der Waals surface area contributed by atoms with E-state index < -0.39 is 17.7 Å². The molecule has 0 spiro atoms. The van der Waals surface area contributed by atoms with Crippen molar-refractivity contribution in [2.45, 2.75) is 33.1 Å². The molecule has 106 valence electrons. The van der Waals surface area contributed by atoms with Gasteiger partial charge in [-0.1, -0.05) is 6.92 Å². The van der Waals surface area contributed by atoms with Gasteiger partial charge < -0.3 is 14.6 Å². The summed E-state index contributed by atoms with van der Waals surface area (Å²) in [6.07, 6.45) is -0.129. The zero-order valence-electron chi connectivity index (χ0n) is 11.4. The van der Waals surface area contributed by atoms with Crippen LogP contribution in [0.5, 0.6) is 11.5 Å². The van der Waals surface area contributed by atoms with Gasteiger partial charge >= 0.3 is 5.97 Å². The van der Waals surface area contributed by atoms with E-state index in [1.54, 1.807) is 13.8 Å². The van der Waals surface area contributed by atoms with Crippen molar-refractivity contribution in [3.8, 4) is 11.5 Å². The third-order valence-electron chi connectivity index (χ3n) is 2.67. The van der Waals surface area contributed by atoms with Crippen LogP contribution in [-0.4, -0.2) is 24.3 Å². The zero-order chi connectivity index (χ0) is 14.4. The van der Waals surface area contributed by atoms with E-state index in [0.717, 1.165) is 0 Å². The van der Waals surface area contributed by atoms with E-state index in [-0.39, 0.29) is 6.42 Å². The molecule has 1 aromatic rings. The second kappa shape index (κ2) is 6.97. The normalized spacial score (nSPS) is 12.0. The third kappa shape index (κ3) is 4.12. The number of hydrogen-bond acceptors (Lipinski definition) is 3. The summed E-state index contributed by atoms with van der Waals surface area (Å²) < 4.78 is 24.7. The first-order valence-corrected chi connectivity index (χ1v) is 6.30. The number of hydrogen-bond donors (Lipinski definition) is 1. The fraction of sp³-hybridized carbons (Fsp3) is 0.500. The predicted molar refractivity (Wildman–Crippen MR) is 69.4 cm³/mol. The molecule has 4 nitrogen and oxygen atoms in total. The lowest BCUT2D eigenvalue weighted by molar-refractivity contribution is -0.137. The molecular weight excluding hydrogens is 251 g/mol. The molecule has 0 amide bonds. The van der Waals surface area contributed by atoms with Crippen molar-refractivity contribution >= 4 is 5.97 Å². The van der Waals surface area contributed by atoms with E-state index in [0.29, 0.717) is 30.3 Å². The lowest BCUT2D eigenvalue weighted by Gasteiger charge is -2.16. The molecule has 0 bridgehead atoms. The van der Waals surface area contributed by atoms with E-state index in [1.165, 1.54) is 12.1 Å². The average molecular weight is 270 g/mol. The fourth-order valence-corrected chi connectivity index (χ4v) is 1.84. The Balaban J connectivity index is 3.11. The van der Waals surface area contributed by atoms with Gasteiger partial charge in [0.25, 0.3) is 0 Å². The number of ether oxygens (including phenoxy) is 2. The van der Waals surface area contributed by atoms with E-state index >= 15 is 0 Å². The molecule has 1 aromatic carbocycles. The maximum absolute atomic E-state index is 14.0. The molecule has 1 unspecified atom stereocenters. The Bertz CT molecular complexity index is 445.